The van der Waals surface area contributed by atoms with E-state index in [1.165, 1.54) is 0 Å². The first-order chi connectivity index (χ1) is 12.7. The second kappa shape index (κ2) is 8.92. The Bertz CT molecular complexity index is 761. The highest BCUT2D eigenvalue weighted by Crippen LogP contribution is 2.16. The van der Waals surface area contributed by atoms with Crippen LogP contribution in [0.5, 0.6) is 5.75 Å². The molecule has 0 aliphatic carbocycles. The molecule has 26 heavy (non-hydrogen) atoms. The lowest BCUT2D eigenvalue weighted by Crippen LogP contribution is -3.10. The van der Waals surface area contributed by atoms with Gasteiger partial charge in [-0.15, -0.1) is 0 Å². The van der Waals surface area contributed by atoms with Crippen LogP contribution in [0.1, 0.15) is 17.1 Å². The van der Waals surface area contributed by atoms with Crippen LogP contribution in [-0.4, -0.2) is 19.6 Å². The predicted octanol–water partition coefficient (Wildman–Crippen LogP) is 1.78. The molecule has 3 rings (SSSR count). The van der Waals surface area contributed by atoms with E-state index in [2.05, 4.69) is 5.32 Å². The summed E-state index contributed by atoms with van der Waals surface area (Å²) in [6, 6.07) is 15.2. The molecule has 2 heterocycles. The third-order valence-corrected chi connectivity index (χ3v) is 4.09. The Morgan fingerprint density at radius 3 is 2.23 bits per heavy atom. The van der Waals surface area contributed by atoms with Crippen LogP contribution in [0.2, 0.25) is 0 Å². The number of ether oxygens (including phenoxy) is 1. The molecule has 1 aromatic carbocycles. The zero-order valence-electron chi connectivity index (χ0n) is 14.7. The minimum Gasteiger partial charge on any atom is -0.496 e. The molecule has 6 nitrogen and oxygen atoms in total. The predicted molar refractivity (Wildman–Crippen MR) is 95.5 cm³/mol. The van der Waals surface area contributed by atoms with Gasteiger partial charge in [-0.25, -0.2) is 0 Å². The number of rotatable bonds is 9. The maximum absolute atomic E-state index is 12.4. The normalized spacial score (nSPS) is 10.8. The van der Waals surface area contributed by atoms with Gasteiger partial charge in [-0.2, -0.15) is 0 Å². The van der Waals surface area contributed by atoms with Gasteiger partial charge in [0.25, 0.3) is 5.91 Å². The Hall–Kier alpha value is -2.99. The van der Waals surface area contributed by atoms with Crippen LogP contribution < -0.4 is 15.0 Å². The average Bonchev–Trinajstić information content (AvgIpc) is 3.34. The number of methoxy groups -OCH3 is 1. The van der Waals surface area contributed by atoms with Crippen molar-refractivity contribution in [3.8, 4) is 5.75 Å². The molecule has 2 aromatic heterocycles. The molecule has 136 valence electrons. The lowest BCUT2D eigenvalue weighted by molar-refractivity contribution is -0.921. The summed E-state index contributed by atoms with van der Waals surface area (Å²) in [5, 5.41) is 2.96. The van der Waals surface area contributed by atoms with Crippen molar-refractivity contribution < 1.29 is 23.3 Å². The first kappa shape index (κ1) is 17.8. The van der Waals surface area contributed by atoms with Crippen LogP contribution >= 0.6 is 0 Å². The molecule has 0 fully saturated rings. The molecule has 0 aliphatic rings. The van der Waals surface area contributed by atoms with E-state index in [0.717, 1.165) is 27.7 Å². The second-order valence-corrected chi connectivity index (χ2v) is 6.03. The maximum atomic E-state index is 12.4. The number of carbonyl (C=O) groups excluding carboxylic acids is 1. The number of benzene rings is 1. The van der Waals surface area contributed by atoms with Crippen LogP contribution in [0.3, 0.4) is 0 Å². The van der Waals surface area contributed by atoms with Gasteiger partial charge in [-0.3, -0.25) is 4.79 Å². The summed E-state index contributed by atoms with van der Waals surface area (Å²) < 4.78 is 16.2. The Labute approximate surface area is 152 Å². The number of quaternary nitrogens is 1. The number of para-hydroxylation sites is 1. The Morgan fingerprint density at radius 2 is 1.65 bits per heavy atom. The van der Waals surface area contributed by atoms with Crippen molar-refractivity contribution in [1.29, 1.82) is 0 Å². The van der Waals surface area contributed by atoms with E-state index in [1.807, 2.05) is 48.5 Å². The summed E-state index contributed by atoms with van der Waals surface area (Å²) >= 11 is 0. The van der Waals surface area contributed by atoms with Crippen molar-refractivity contribution in [2.24, 2.45) is 0 Å². The van der Waals surface area contributed by atoms with E-state index in [9.17, 15) is 4.79 Å². The number of amides is 1. The monoisotopic (exact) mass is 355 g/mol. The topological polar surface area (TPSA) is 69.0 Å². The number of carbonyl (C=O) groups is 1. The summed E-state index contributed by atoms with van der Waals surface area (Å²) in [6.07, 6.45) is 3.28. The molecule has 0 bridgehead atoms. The minimum atomic E-state index is -0.0379. The molecule has 2 N–H and O–H groups in total. The van der Waals surface area contributed by atoms with Crippen LogP contribution in [-0.2, 0) is 24.4 Å². The van der Waals surface area contributed by atoms with Gasteiger partial charge >= 0.3 is 0 Å². The first-order valence-electron chi connectivity index (χ1n) is 8.51. The fraction of sp³-hybridized carbons (Fsp3) is 0.250. The molecule has 1 amide bonds. The average molecular weight is 355 g/mol. The molecule has 3 aromatic rings. The van der Waals surface area contributed by atoms with Gasteiger partial charge in [0, 0.05) is 12.1 Å². The lowest BCUT2D eigenvalue weighted by atomic mass is 10.2. The molecular weight excluding hydrogens is 332 g/mol. The molecule has 6 heteroatoms. The van der Waals surface area contributed by atoms with Gasteiger partial charge in [0.1, 0.15) is 18.8 Å². The quantitative estimate of drug-likeness (QED) is 0.614. The van der Waals surface area contributed by atoms with Crippen molar-refractivity contribution in [3.05, 3.63) is 78.1 Å². The smallest absolute Gasteiger partial charge is 0.275 e. The summed E-state index contributed by atoms with van der Waals surface area (Å²) in [5.41, 5.74) is 0.946. The van der Waals surface area contributed by atoms with E-state index in [-0.39, 0.29) is 5.91 Å². The molecule has 0 saturated carbocycles. The Morgan fingerprint density at radius 1 is 1.00 bits per heavy atom. The fourth-order valence-corrected chi connectivity index (χ4v) is 2.84. The highest BCUT2D eigenvalue weighted by Gasteiger charge is 2.18. The van der Waals surface area contributed by atoms with E-state index < -0.39 is 0 Å². The van der Waals surface area contributed by atoms with Crippen molar-refractivity contribution in [1.82, 2.24) is 5.32 Å². The van der Waals surface area contributed by atoms with E-state index in [4.69, 9.17) is 13.6 Å². The second-order valence-electron chi connectivity index (χ2n) is 6.03. The van der Waals surface area contributed by atoms with Gasteiger partial charge in [-0.1, -0.05) is 18.2 Å². The van der Waals surface area contributed by atoms with Crippen LogP contribution in [0, 0.1) is 0 Å². The molecule has 0 atom stereocenters. The zero-order chi connectivity index (χ0) is 18.2. The van der Waals surface area contributed by atoms with Gasteiger partial charge in [0.05, 0.1) is 19.6 Å². The molecule has 0 radical (unpaired) electrons. The summed E-state index contributed by atoms with van der Waals surface area (Å²) in [6.45, 7) is 1.96. The standard InChI is InChI=1S/C20H22N2O4/c1-24-19-9-3-2-6-16(19)12-21-20(23)15-22(13-17-7-4-10-25-17)14-18-8-5-11-26-18/h2-11H,12-15H2,1H3,(H,21,23)/p+1. The van der Waals surface area contributed by atoms with Crippen molar-refractivity contribution >= 4 is 5.91 Å². The van der Waals surface area contributed by atoms with Crippen LogP contribution in [0.15, 0.2) is 69.9 Å². The Balaban J connectivity index is 1.59. The summed E-state index contributed by atoms with van der Waals surface area (Å²) in [7, 11) is 1.62. The summed E-state index contributed by atoms with van der Waals surface area (Å²) in [4.78, 5) is 13.5. The first-order valence-corrected chi connectivity index (χ1v) is 8.51. The third-order valence-electron chi connectivity index (χ3n) is 4.09. The number of furan rings is 2. The number of hydrogen-bond donors (Lipinski definition) is 2. The molecule has 0 aliphatic heterocycles. The van der Waals surface area contributed by atoms with Gasteiger partial charge in [-0.05, 0) is 30.3 Å². The van der Waals surface area contributed by atoms with Crippen molar-refractivity contribution in [3.63, 3.8) is 0 Å². The third kappa shape index (κ3) is 5.00. The molecule has 0 spiro atoms. The fourth-order valence-electron chi connectivity index (χ4n) is 2.84. The largest absolute Gasteiger partial charge is 0.496 e. The molecule has 0 saturated heterocycles. The van der Waals surface area contributed by atoms with Crippen molar-refractivity contribution in [2.45, 2.75) is 19.6 Å². The van der Waals surface area contributed by atoms with Crippen molar-refractivity contribution in [2.75, 3.05) is 13.7 Å². The highest BCUT2D eigenvalue weighted by molar-refractivity contribution is 5.76. The number of hydrogen-bond acceptors (Lipinski definition) is 4. The summed E-state index contributed by atoms with van der Waals surface area (Å²) in [5.74, 6) is 2.40. The van der Waals surface area contributed by atoms with E-state index in [1.54, 1.807) is 19.6 Å². The van der Waals surface area contributed by atoms with E-state index in [0.29, 0.717) is 26.2 Å². The number of nitrogens with one attached hydrogen (secondary N) is 2. The highest BCUT2D eigenvalue weighted by atomic mass is 16.5. The van der Waals surface area contributed by atoms with Gasteiger partial charge in [0.2, 0.25) is 0 Å². The Kier molecular flexibility index (Phi) is 6.11. The van der Waals surface area contributed by atoms with Gasteiger partial charge < -0.3 is 23.8 Å². The van der Waals surface area contributed by atoms with Gasteiger partial charge in [0.15, 0.2) is 18.1 Å². The molecule has 0 unspecified atom stereocenters. The molecular formula is C20H23N2O4+. The zero-order valence-corrected chi connectivity index (χ0v) is 14.7. The minimum absolute atomic E-state index is 0.0379. The lowest BCUT2D eigenvalue weighted by Gasteiger charge is -2.17. The van der Waals surface area contributed by atoms with Crippen LogP contribution in [0.4, 0.5) is 0 Å². The van der Waals surface area contributed by atoms with Crippen LogP contribution in [0.25, 0.3) is 0 Å². The van der Waals surface area contributed by atoms with E-state index >= 15 is 0 Å². The SMILES string of the molecule is COc1ccccc1CNC(=O)C[NH+](Cc1ccco1)Cc1ccco1. The maximum Gasteiger partial charge on any atom is 0.275 e.